The number of hydrogen-bond acceptors (Lipinski definition) is 5. The first kappa shape index (κ1) is 15.8. The molecule has 0 saturated carbocycles. The molecule has 1 aromatic rings. The summed E-state index contributed by atoms with van der Waals surface area (Å²) >= 11 is 0. The quantitative estimate of drug-likeness (QED) is 0.862. The highest BCUT2D eigenvalue weighted by Crippen LogP contribution is 2.14. The SMILES string of the molecule is Cc1nnc(NC(=O)N(CC(=O)O)C(C)(C)C)nc1C. The van der Waals surface area contributed by atoms with E-state index in [0.29, 0.717) is 11.4 Å². The largest absolute Gasteiger partial charge is 0.480 e. The number of carboxylic acids is 1. The Morgan fingerprint density at radius 2 is 1.80 bits per heavy atom. The molecular formula is C12H19N5O3. The lowest BCUT2D eigenvalue weighted by atomic mass is 10.1. The van der Waals surface area contributed by atoms with Crippen molar-refractivity contribution in [2.45, 2.75) is 40.2 Å². The van der Waals surface area contributed by atoms with Crippen LogP contribution in [-0.2, 0) is 4.79 Å². The van der Waals surface area contributed by atoms with Crippen molar-refractivity contribution in [2.75, 3.05) is 11.9 Å². The monoisotopic (exact) mass is 281 g/mol. The lowest BCUT2D eigenvalue weighted by molar-refractivity contribution is -0.138. The molecule has 0 saturated heterocycles. The number of carbonyl (C=O) groups is 2. The van der Waals surface area contributed by atoms with Crippen molar-refractivity contribution in [1.29, 1.82) is 0 Å². The van der Waals surface area contributed by atoms with Crippen molar-refractivity contribution < 1.29 is 14.7 Å². The average molecular weight is 281 g/mol. The van der Waals surface area contributed by atoms with Crippen molar-refractivity contribution in [3.8, 4) is 0 Å². The molecular weight excluding hydrogens is 262 g/mol. The van der Waals surface area contributed by atoms with Crippen LogP contribution in [-0.4, -0.2) is 49.3 Å². The fraction of sp³-hybridized carbons (Fsp3) is 0.583. The molecule has 0 aliphatic rings. The van der Waals surface area contributed by atoms with Gasteiger partial charge in [0.25, 0.3) is 5.95 Å². The zero-order valence-electron chi connectivity index (χ0n) is 12.3. The van der Waals surface area contributed by atoms with Crippen LogP contribution in [0.5, 0.6) is 0 Å². The molecule has 0 aliphatic carbocycles. The molecule has 0 unspecified atom stereocenters. The van der Waals surface area contributed by atoms with Gasteiger partial charge in [-0.15, -0.1) is 5.10 Å². The summed E-state index contributed by atoms with van der Waals surface area (Å²) in [6.45, 7) is 8.33. The van der Waals surface area contributed by atoms with Crippen molar-refractivity contribution >= 4 is 17.9 Å². The van der Waals surface area contributed by atoms with E-state index in [1.54, 1.807) is 34.6 Å². The molecule has 2 amide bonds. The molecule has 0 radical (unpaired) electrons. The molecule has 0 atom stereocenters. The Kier molecular flexibility index (Phi) is 4.59. The number of urea groups is 1. The zero-order valence-corrected chi connectivity index (χ0v) is 12.3. The molecule has 8 nitrogen and oxygen atoms in total. The third kappa shape index (κ3) is 4.15. The third-order valence-electron chi connectivity index (χ3n) is 2.66. The van der Waals surface area contributed by atoms with E-state index < -0.39 is 24.1 Å². The summed E-state index contributed by atoms with van der Waals surface area (Å²) in [5.41, 5.74) is 0.674. The van der Waals surface area contributed by atoms with Gasteiger partial charge in [-0.05, 0) is 34.6 Å². The van der Waals surface area contributed by atoms with Gasteiger partial charge in [0.1, 0.15) is 6.54 Å². The number of aryl methyl sites for hydroxylation is 2. The molecule has 2 N–H and O–H groups in total. The maximum Gasteiger partial charge on any atom is 0.325 e. The topological polar surface area (TPSA) is 108 Å². The Labute approximate surface area is 117 Å². The first-order valence-corrected chi connectivity index (χ1v) is 6.09. The molecule has 110 valence electrons. The van der Waals surface area contributed by atoms with Crippen LogP contribution in [0.3, 0.4) is 0 Å². The molecule has 1 rings (SSSR count). The van der Waals surface area contributed by atoms with Crippen molar-refractivity contribution in [1.82, 2.24) is 20.1 Å². The van der Waals surface area contributed by atoms with Gasteiger partial charge in [0.2, 0.25) is 0 Å². The van der Waals surface area contributed by atoms with Crippen LogP contribution in [0, 0.1) is 13.8 Å². The van der Waals surface area contributed by atoms with Crippen LogP contribution < -0.4 is 5.32 Å². The highest BCUT2D eigenvalue weighted by Gasteiger charge is 2.29. The fourth-order valence-corrected chi connectivity index (χ4v) is 1.42. The van der Waals surface area contributed by atoms with E-state index in [4.69, 9.17) is 5.11 Å². The summed E-state index contributed by atoms with van der Waals surface area (Å²) in [5, 5.41) is 18.9. The smallest absolute Gasteiger partial charge is 0.325 e. The Bertz CT molecular complexity index is 524. The van der Waals surface area contributed by atoms with Gasteiger partial charge in [0, 0.05) is 5.54 Å². The fourth-order valence-electron chi connectivity index (χ4n) is 1.42. The second kappa shape index (κ2) is 5.81. The van der Waals surface area contributed by atoms with Crippen LogP contribution >= 0.6 is 0 Å². The first-order valence-electron chi connectivity index (χ1n) is 6.09. The van der Waals surface area contributed by atoms with E-state index in [1.807, 2.05) is 0 Å². The number of aliphatic carboxylic acids is 1. The van der Waals surface area contributed by atoms with E-state index in [-0.39, 0.29) is 5.95 Å². The minimum atomic E-state index is -1.09. The first-order chi connectivity index (χ1) is 9.11. The predicted molar refractivity (Wildman–Crippen MR) is 72.4 cm³/mol. The van der Waals surface area contributed by atoms with Crippen molar-refractivity contribution in [3.63, 3.8) is 0 Å². The number of nitrogens with zero attached hydrogens (tertiary/aromatic N) is 4. The maximum atomic E-state index is 12.1. The summed E-state index contributed by atoms with van der Waals surface area (Å²) in [5.74, 6) is -1.04. The number of hydrogen-bond donors (Lipinski definition) is 2. The molecule has 0 aliphatic heterocycles. The highest BCUT2D eigenvalue weighted by atomic mass is 16.4. The third-order valence-corrected chi connectivity index (χ3v) is 2.66. The van der Waals surface area contributed by atoms with E-state index in [9.17, 15) is 9.59 Å². The number of anilines is 1. The molecule has 1 heterocycles. The maximum absolute atomic E-state index is 12.1. The molecule has 0 bridgehead atoms. The predicted octanol–water partition coefficient (Wildman–Crippen LogP) is 1.21. The van der Waals surface area contributed by atoms with E-state index >= 15 is 0 Å². The van der Waals surface area contributed by atoms with Crippen molar-refractivity contribution in [3.05, 3.63) is 11.4 Å². The van der Waals surface area contributed by atoms with E-state index in [0.717, 1.165) is 0 Å². The highest BCUT2D eigenvalue weighted by molar-refractivity contribution is 5.90. The standard InChI is InChI=1S/C12H19N5O3/c1-7-8(2)15-16-10(13-7)14-11(20)17(6-9(18)19)12(3,4)5/h6H2,1-5H3,(H,18,19)(H,13,14,16,20). The number of nitrogens with one attached hydrogen (secondary N) is 1. The number of amides is 2. The summed E-state index contributed by atoms with van der Waals surface area (Å²) in [6.07, 6.45) is 0. The Hall–Kier alpha value is -2.25. The van der Waals surface area contributed by atoms with Gasteiger partial charge in [-0.2, -0.15) is 5.10 Å². The van der Waals surface area contributed by atoms with Gasteiger partial charge in [0.05, 0.1) is 11.4 Å². The Morgan fingerprint density at radius 3 is 2.25 bits per heavy atom. The van der Waals surface area contributed by atoms with Crippen LogP contribution in [0.1, 0.15) is 32.2 Å². The number of rotatable bonds is 3. The summed E-state index contributed by atoms with van der Waals surface area (Å²) in [7, 11) is 0. The molecule has 0 aromatic carbocycles. The number of carboxylic acid groups (broad SMARTS) is 1. The van der Waals surface area contributed by atoms with Gasteiger partial charge < -0.3 is 10.0 Å². The lowest BCUT2D eigenvalue weighted by Crippen LogP contribution is -2.50. The number of aromatic nitrogens is 3. The van der Waals surface area contributed by atoms with Gasteiger partial charge in [-0.3, -0.25) is 10.1 Å². The van der Waals surface area contributed by atoms with E-state index in [1.165, 1.54) is 4.90 Å². The molecule has 20 heavy (non-hydrogen) atoms. The van der Waals surface area contributed by atoms with Crippen LogP contribution in [0.2, 0.25) is 0 Å². The molecule has 0 spiro atoms. The summed E-state index contributed by atoms with van der Waals surface area (Å²) < 4.78 is 0. The van der Waals surface area contributed by atoms with Crippen LogP contribution in [0.25, 0.3) is 0 Å². The minimum absolute atomic E-state index is 0.0535. The summed E-state index contributed by atoms with van der Waals surface area (Å²) in [4.78, 5) is 28.2. The second-order valence-electron chi connectivity index (χ2n) is 5.39. The van der Waals surface area contributed by atoms with Crippen LogP contribution in [0.4, 0.5) is 10.7 Å². The summed E-state index contributed by atoms with van der Waals surface area (Å²) in [6, 6.07) is -0.579. The lowest BCUT2D eigenvalue weighted by Gasteiger charge is -2.33. The average Bonchev–Trinajstić information content (AvgIpc) is 2.29. The van der Waals surface area contributed by atoms with Crippen molar-refractivity contribution in [2.24, 2.45) is 0 Å². The molecule has 0 fully saturated rings. The second-order valence-corrected chi connectivity index (χ2v) is 5.39. The normalized spacial score (nSPS) is 11.1. The molecule has 1 aromatic heterocycles. The zero-order chi connectivity index (χ0) is 15.5. The number of carbonyl (C=O) groups excluding carboxylic acids is 1. The van der Waals surface area contributed by atoms with Gasteiger partial charge in [-0.1, -0.05) is 0 Å². The van der Waals surface area contributed by atoms with Gasteiger partial charge in [-0.25, -0.2) is 9.78 Å². The Morgan fingerprint density at radius 1 is 1.20 bits per heavy atom. The van der Waals surface area contributed by atoms with E-state index in [2.05, 4.69) is 20.5 Å². The Balaban J connectivity index is 2.90. The minimum Gasteiger partial charge on any atom is -0.480 e. The van der Waals surface area contributed by atoms with Gasteiger partial charge in [0.15, 0.2) is 0 Å². The molecule has 8 heteroatoms. The van der Waals surface area contributed by atoms with Crippen LogP contribution in [0.15, 0.2) is 0 Å². The van der Waals surface area contributed by atoms with Gasteiger partial charge >= 0.3 is 12.0 Å².